The molecule has 0 aromatic heterocycles. The maximum Gasteiger partial charge on any atom is 0.329 e. The minimum absolute atomic E-state index is 0.180. The highest BCUT2D eigenvalue weighted by molar-refractivity contribution is 5.98. The van der Waals surface area contributed by atoms with Crippen molar-refractivity contribution in [2.45, 2.75) is 31.7 Å². The third-order valence-corrected chi connectivity index (χ3v) is 3.95. The fraction of sp³-hybridized carbons (Fsp3) is 0.429. The number of hydrogen-bond acceptors (Lipinski definition) is 2. The molecule has 0 bridgehead atoms. The highest BCUT2D eigenvalue weighted by Gasteiger charge is 2.48. The minimum atomic E-state index is -1.66. The van der Waals surface area contributed by atoms with Gasteiger partial charge in [0.05, 0.1) is 0 Å². The van der Waals surface area contributed by atoms with Gasteiger partial charge in [0.25, 0.3) is 5.91 Å². The van der Waals surface area contributed by atoms with Crippen LogP contribution in [-0.2, 0) is 4.79 Å². The van der Waals surface area contributed by atoms with Crippen molar-refractivity contribution in [3.05, 3.63) is 35.1 Å². The SMILES string of the molecule is CCC1(C(=O)O)CCCN1C(=O)c1cc(F)c(F)c(F)c1. The molecule has 1 atom stereocenters. The molecule has 1 unspecified atom stereocenters. The monoisotopic (exact) mass is 301 g/mol. The number of carboxylic acids is 1. The van der Waals surface area contributed by atoms with Crippen LogP contribution in [0.4, 0.5) is 13.2 Å². The van der Waals surface area contributed by atoms with Crippen molar-refractivity contribution in [2.75, 3.05) is 6.54 Å². The first kappa shape index (κ1) is 15.3. The number of carboxylic acid groups (broad SMARTS) is 1. The van der Waals surface area contributed by atoms with Gasteiger partial charge < -0.3 is 10.0 Å². The van der Waals surface area contributed by atoms with E-state index < -0.39 is 40.4 Å². The van der Waals surface area contributed by atoms with E-state index in [9.17, 15) is 27.9 Å². The van der Waals surface area contributed by atoms with Gasteiger partial charge in [-0.05, 0) is 31.4 Å². The average molecular weight is 301 g/mol. The second kappa shape index (κ2) is 5.38. The Morgan fingerprint density at radius 3 is 2.33 bits per heavy atom. The standard InChI is InChI=1S/C14H14F3NO3/c1-2-14(13(20)21)4-3-5-18(14)12(19)8-6-9(15)11(17)10(16)7-8/h6-7H,2-5H2,1H3,(H,20,21). The Morgan fingerprint density at radius 1 is 1.29 bits per heavy atom. The highest BCUT2D eigenvalue weighted by Crippen LogP contribution is 2.34. The fourth-order valence-corrected chi connectivity index (χ4v) is 2.75. The summed E-state index contributed by atoms with van der Waals surface area (Å²) < 4.78 is 39.4. The maximum absolute atomic E-state index is 13.2. The smallest absolute Gasteiger partial charge is 0.329 e. The van der Waals surface area contributed by atoms with Gasteiger partial charge >= 0.3 is 5.97 Å². The van der Waals surface area contributed by atoms with E-state index >= 15 is 0 Å². The molecule has 4 nitrogen and oxygen atoms in total. The lowest BCUT2D eigenvalue weighted by Gasteiger charge is -2.34. The van der Waals surface area contributed by atoms with Crippen LogP contribution in [-0.4, -0.2) is 34.0 Å². The predicted molar refractivity (Wildman–Crippen MR) is 67.2 cm³/mol. The van der Waals surface area contributed by atoms with Crippen molar-refractivity contribution >= 4 is 11.9 Å². The summed E-state index contributed by atoms with van der Waals surface area (Å²) in [5, 5.41) is 9.38. The van der Waals surface area contributed by atoms with Crippen molar-refractivity contribution in [1.29, 1.82) is 0 Å². The highest BCUT2D eigenvalue weighted by atomic mass is 19.2. The molecule has 114 valence electrons. The molecular weight excluding hydrogens is 287 g/mol. The largest absolute Gasteiger partial charge is 0.479 e. The van der Waals surface area contributed by atoms with E-state index in [-0.39, 0.29) is 19.4 Å². The summed E-state index contributed by atoms with van der Waals surface area (Å²) in [5.74, 6) is -6.58. The molecule has 1 amide bonds. The van der Waals surface area contributed by atoms with Crippen molar-refractivity contribution < 1.29 is 27.9 Å². The summed E-state index contributed by atoms with van der Waals surface area (Å²) in [6.45, 7) is 1.81. The zero-order valence-corrected chi connectivity index (χ0v) is 11.3. The van der Waals surface area contributed by atoms with Gasteiger partial charge in [-0.3, -0.25) is 4.79 Å². The minimum Gasteiger partial charge on any atom is -0.479 e. The Kier molecular flexibility index (Phi) is 3.93. The van der Waals surface area contributed by atoms with Gasteiger partial charge in [0.1, 0.15) is 5.54 Å². The Bertz CT molecular complexity index is 582. The first-order chi connectivity index (χ1) is 9.83. The summed E-state index contributed by atoms with van der Waals surface area (Å²) in [6.07, 6.45) is 0.939. The first-order valence-corrected chi connectivity index (χ1v) is 6.53. The fourth-order valence-electron chi connectivity index (χ4n) is 2.75. The molecule has 1 fully saturated rings. The van der Waals surface area contributed by atoms with Crippen LogP contribution in [0.5, 0.6) is 0 Å². The molecule has 1 aliphatic heterocycles. The van der Waals surface area contributed by atoms with E-state index in [2.05, 4.69) is 0 Å². The summed E-state index contributed by atoms with van der Waals surface area (Å²) in [7, 11) is 0. The number of aliphatic carboxylic acids is 1. The number of benzene rings is 1. The molecule has 1 aromatic carbocycles. The number of halogens is 3. The van der Waals surface area contributed by atoms with Crippen LogP contribution >= 0.6 is 0 Å². The lowest BCUT2D eigenvalue weighted by atomic mass is 9.92. The molecule has 0 saturated carbocycles. The molecule has 2 rings (SSSR count). The maximum atomic E-state index is 13.2. The van der Waals surface area contributed by atoms with Gasteiger partial charge in [-0.2, -0.15) is 0 Å². The molecule has 1 aromatic rings. The Labute approximate surface area is 119 Å². The predicted octanol–water partition coefficient (Wildman–Crippen LogP) is 2.57. The van der Waals surface area contributed by atoms with E-state index in [1.807, 2.05) is 0 Å². The lowest BCUT2D eigenvalue weighted by molar-refractivity contribution is -0.148. The Hall–Kier alpha value is -2.05. The topological polar surface area (TPSA) is 57.6 Å². The average Bonchev–Trinajstić information content (AvgIpc) is 2.88. The molecule has 7 heteroatoms. The zero-order valence-electron chi connectivity index (χ0n) is 11.3. The molecule has 0 radical (unpaired) electrons. The molecule has 1 saturated heterocycles. The number of rotatable bonds is 3. The lowest BCUT2D eigenvalue weighted by Crippen LogP contribution is -2.52. The summed E-state index contributed by atoms with van der Waals surface area (Å²) in [4.78, 5) is 24.9. The second-order valence-electron chi connectivity index (χ2n) is 5.00. The molecule has 1 heterocycles. The number of amides is 1. The molecule has 1 aliphatic rings. The zero-order chi connectivity index (χ0) is 15.8. The number of nitrogens with zero attached hydrogens (tertiary/aromatic N) is 1. The van der Waals surface area contributed by atoms with Gasteiger partial charge in [-0.25, -0.2) is 18.0 Å². The van der Waals surface area contributed by atoms with Crippen LogP contribution in [0, 0.1) is 17.5 Å². The van der Waals surface area contributed by atoms with Crippen molar-refractivity contribution in [1.82, 2.24) is 4.90 Å². The van der Waals surface area contributed by atoms with Gasteiger partial charge in [0.2, 0.25) is 0 Å². The van der Waals surface area contributed by atoms with Gasteiger partial charge in [0.15, 0.2) is 17.5 Å². The molecule has 0 spiro atoms. The third kappa shape index (κ3) is 2.36. The number of carbonyl (C=O) groups is 2. The van der Waals surface area contributed by atoms with E-state index in [4.69, 9.17) is 0 Å². The number of likely N-dealkylation sites (tertiary alicyclic amines) is 1. The summed E-state index contributed by atoms with van der Waals surface area (Å²) in [5.41, 5.74) is -1.77. The van der Waals surface area contributed by atoms with Crippen LogP contribution in [0.15, 0.2) is 12.1 Å². The van der Waals surface area contributed by atoms with E-state index in [1.165, 1.54) is 0 Å². The van der Waals surface area contributed by atoms with E-state index in [0.717, 1.165) is 4.90 Å². The molecular formula is C14H14F3NO3. The van der Waals surface area contributed by atoms with Gasteiger partial charge in [0, 0.05) is 12.1 Å². The Balaban J connectivity index is 2.42. The first-order valence-electron chi connectivity index (χ1n) is 6.53. The quantitative estimate of drug-likeness (QED) is 0.873. The molecule has 21 heavy (non-hydrogen) atoms. The van der Waals surface area contributed by atoms with Crippen LogP contribution < -0.4 is 0 Å². The van der Waals surface area contributed by atoms with Crippen LogP contribution in [0.25, 0.3) is 0 Å². The van der Waals surface area contributed by atoms with E-state index in [1.54, 1.807) is 6.92 Å². The van der Waals surface area contributed by atoms with Crippen LogP contribution in [0.2, 0.25) is 0 Å². The summed E-state index contributed by atoms with van der Waals surface area (Å²) >= 11 is 0. The molecule has 0 aliphatic carbocycles. The van der Waals surface area contributed by atoms with Crippen molar-refractivity contribution in [3.63, 3.8) is 0 Å². The molecule has 1 N–H and O–H groups in total. The van der Waals surface area contributed by atoms with Crippen molar-refractivity contribution in [2.24, 2.45) is 0 Å². The van der Waals surface area contributed by atoms with Gasteiger partial charge in [-0.1, -0.05) is 6.92 Å². The second-order valence-corrected chi connectivity index (χ2v) is 5.00. The third-order valence-electron chi connectivity index (χ3n) is 3.95. The Morgan fingerprint density at radius 2 is 1.86 bits per heavy atom. The normalized spacial score (nSPS) is 21.6. The van der Waals surface area contributed by atoms with E-state index in [0.29, 0.717) is 18.6 Å². The van der Waals surface area contributed by atoms with Crippen LogP contribution in [0.3, 0.4) is 0 Å². The summed E-state index contributed by atoms with van der Waals surface area (Å²) in [6, 6.07) is 1.17. The van der Waals surface area contributed by atoms with Crippen LogP contribution in [0.1, 0.15) is 36.5 Å². The van der Waals surface area contributed by atoms with Crippen molar-refractivity contribution in [3.8, 4) is 0 Å². The number of carbonyl (C=O) groups excluding carboxylic acids is 1. The number of hydrogen-bond donors (Lipinski definition) is 1. The van der Waals surface area contributed by atoms with Gasteiger partial charge in [-0.15, -0.1) is 0 Å².